The van der Waals surface area contributed by atoms with Crippen molar-refractivity contribution in [1.82, 2.24) is 19.4 Å². The van der Waals surface area contributed by atoms with Crippen LogP contribution in [0.15, 0.2) is 5.38 Å². The Kier molecular flexibility index (Phi) is 3.40. The number of likely N-dealkylation sites (tertiary alicyclic amines) is 2. The second-order valence-electron chi connectivity index (χ2n) is 6.98. The Morgan fingerprint density at radius 2 is 2.14 bits per heavy atom. The van der Waals surface area contributed by atoms with Gasteiger partial charge in [0.2, 0.25) is 5.91 Å². The molecule has 1 spiro atoms. The maximum atomic E-state index is 12.3. The molecule has 0 unspecified atom stereocenters. The summed E-state index contributed by atoms with van der Waals surface area (Å²) < 4.78 is 3.76. The number of carbonyl (C=O) groups is 2. The molecule has 3 fully saturated rings. The third-order valence-electron chi connectivity index (χ3n) is 5.27. The molecule has 1 aromatic heterocycles. The van der Waals surface area contributed by atoms with Gasteiger partial charge in [0.05, 0.1) is 0 Å². The molecule has 6 nitrogen and oxygen atoms in total. The van der Waals surface area contributed by atoms with E-state index in [4.69, 9.17) is 0 Å². The van der Waals surface area contributed by atoms with Crippen LogP contribution in [0.2, 0.25) is 0 Å². The minimum Gasteiger partial charge on any atom is -0.342 e. The van der Waals surface area contributed by atoms with Crippen molar-refractivity contribution in [3.63, 3.8) is 0 Å². The van der Waals surface area contributed by atoms with E-state index in [0.717, 1.165) is 44.9 Å². The molecule has 2 amide bonds. The number of hydrogen-bond donors (Lipinski definition) is 0. The van der Waals surface area contributed by atoms with Crippen molar-refractivity contribution in [2.24, 2.45) is 11.3 Å². The van der Waals surface area contributed by atoms with Crippen LogP contribution in [0.4, 0.5) is 0 Å². The fourth-order valence-corrected chi connectivity index (χ4v) is 4.13. The van der Waals surface area contributed by atoms with E-state index in [2.05, 4.69) is 14.5 Å². The Bertz CT molecular complexity index is 576. The number of rotatable bonds is 3. The summed E-state index contributed by atoms with van der Waals surface area (Å²) in [6, 6.07) is 0. The Morgan fingerprint density at radius 3 is 2.77 bits per heavy atom. The molecular formula is C15H20N4O2S. The molecule has 2 saturated heterocycles. The predicted octanol–water partition coefficient (Wildman–Crippen LogP) is 1.40. The normalized spacial score (nSPS) is 24.3. The van der Waals surface area contributed by atoms with Crippen LogP contribution in [0, 0.1) is 11.3 Å². The Balaban J connectivity index is 1.37. The molecule has 1 saturated carbocycles. The van der Waals surface area contributed by atoms with E-state index in [0.29, 0.717) is 18.0 Å². The average Bonchev–Trinajstić information content (AvgIpc) is 3.06. The van der Waals surface area contributed by atoms with Crippen LogP contribution in [0.1, 0.15) is 42.6 Å². The molecule has 2 aliphatic heterocycles. The molecule has 4 rings (SSSR count). The molecule has 3 aliphatic rings. The maximum absolute atomic E-state index is 12.3. The van der Waals surface area contributed by atoms with Crippen LogP contribution < -0.4 is 0 Å². The van der Waals surface area contributed by atoms with Gasteiger partial charge in [0, 0.05) is 43.4 Å². The van der Waals surface area contributed by atoms with Crippen LogP contribution in [0.5, 0.6) is 0 Å². The smallest absolute Gasteiger partial charge is 0.275 e. The van der Waals surface area contributed by atoms with E-state index >= 15 is 0 Å². The second kappa shape index (κ2) is 5.30. The molecule has 0 N–H and O–H groups in total. The topological polar surface area (TPSA) is 66.4 Å². The zero-order valence-electron chi connectivity index (χ0n) is 12.5. The minimum atomic E-state index is -0.0252. The summed E-state index contributed by atoms with van der Waals surface area (Å²) in [6.07, 6.45) is 5.06. The van der Waals surface area contributed by atoms with E-state index in [-0.39, 0.29) is 11.3 Å². The monoisotopic (exact) mass is 320 g/mol. The van der Waals surface area contributed by atoms with Crippen molar-refractivity contribution in [2.75, 3.05) is 26.2 Å². The molecule has 0 bridgehead atoms. The van der Waals surface area contributed by atoms with Gasteiger partial charge in [-0.3, -0.25) is 9.59 Å². The summed E-state index contributed by atoms with van der Waals surface area (Å²) >= 11 is 1.20. The molecule has 7 heteroatoms. The third kappa shape index (κ3) is 2.62. The van der Waals surface area contributed by atoms with Crippen molar-refractivity contribution >= 4 is 23.3 Å². The zero-order chi connectivity index (χ0) is 15.2. The number of nitrogens with zero attached hydrogens (tertiary/aromatic N) is 4. The second-order valence-corrected chi connectivity index (χ2v) is 7.59. The third-order valence-corrected chi connectivity index (χ3v) is 5.78. The summed E-state index contributed by atoms with van der Waals surface area (Å²) in [4.78, 5) is 28.5. The molecule has 22 heavy (non-hydrogen) atoms. The summed E-state index contributed by atoms with van der Waals surface area (Å²) in [5, 5.41) is 5.56. The number of carbonyl (C=O) groups excluding carboxylic acids is 2. The highest BCUT2D eigenvalue weighted by molar-refractivity contribution is 7.03. The lowest BCUT2D eigenvalue weighted by Gasteiger charge is -2.38. The Labute approximate surface area is 133 Å². The van der Waals surface area contributed by atoms with E-state index < -0.39 is 0 Å². The number of aromatic nitrogens is 2. The van der Waals surface area contributed by atoms with Crippen molar-refractivity contribution in [3.05, 3.63) is 11.1 Å². The van der Waals surface area contributed by atoms with Crippen LogP contribution in [0.3, 0.4) is 0 Å². The summed E-state index contributed by atoms with van der Waals surface area (Å²) in [5.74, 6) is 1.04. The SMILES string of the molecule is O=C1CC2(CCN(C(=O)c3csnn3)CC2)CN1CC1CC1. The van der Waals surface area contributed by atoms with Crippen LogP contribution in [-0.4, -0.2) is 57.4 Å². The van der Waals surface area contributed by atoms with Gasteiger partial charge in [0.15, 0.2) is 5.69 Å². The lowest BCUT2D eigenvalue weighted by Crippen LogP contribution is -2.44. The molecule has 0 aromatic carbocycles. The molecule has 0 atom stereocenters. The standard InChI is InChI=1S/C15H20N4O2S/c20-13-7-15(10-19(13)8-11-1-2-11)3-5-18(6-4-15)14(21)12-9-22-17-16-12/h9,11H,1-8,10H2. The van der Waals surface area contributed by atoms with E-state index in [1.807, 2.05) is 4.90 Å². The van der Waals surface area contributed by atoms with Gasteiger partial charge in [-0.1, -0.05) is 4.49 Å². The molecule has 0 radical (unpaired) electrons. The lowest BCUT2D eigenvalue weighted by molar-refractivity contribution is -0.128. The Morgan fingerprint density at radius 1 is 1.36 bits per heavy atom. The van der Waals surface area contributed by atoms with Gasteiger partial charge in [-0.05, 0) is 43.1 Å². The lowest BCUT2D eigenvalue weighted by atomic mass is 9.77. The van der Waals surface area contributed by atoms with E-state index in [9.17, 15) is 9.59 Å². The molecule has 118 valence electrons. The summed E-state index contributed by atoms with van der Waals surface area (Å²) in [6.45, 7) is 3.29. The highest BCUT2D eigenvalue weighted by Gasteiger charge is 2.46. The zero-order valence-corrected chi connectivity index (χ0v) is 13.3. The first kappa shape index (κ1) is 14.1. The van der Waals surface area contributed by atoms with Gasteiger partial charge in [-0.15, -0.1) is 5.10 Å². The van der Waals surface area contributed by atoms with Crippen LogP contribution in [-0.2, 0) is 4.79 Å². The van der Waals surface area contributed by atoms with Gasteiger partial charge in [-0.2, -0.15) is 0 Å². The molecule has 3 heterocycles. The molecule has 1 aromatic rings. The summed E-state index contributed by atoms with van der Waals surface area (Å²) in [7, 11) is 0. The molecule has 1 aliphatic carbocycles. The van der Waals surface area contributed by atoms with Gasteiger partial charge < -0.3 is 9.80 Å². The largest absolute Gasteiger partial charge is 0.342 e. The van der Waals surface area contributed by atoms with Crippen molar-refractivity contribution in [2.45, 2.75) is 32.1 Å². The van der Waals surface area contributed by atoms with E-state index in [1.165, 1.54) is 24.4 Å². The van der Waals surface area contributed by atoms with Gasteiger partial charge in [0.1, 0.15) is 0 Å². The van der Waals surface area contributed by atoms with Gasteiger partial charge in [-0.25, -0.2) is 0 Å². The number of piperidine rings is 1. The van der Waals surface area contributed by atoms with Crippen molar-refractivity contribution in [3.8, 4) is 0 Å². The quantitative estimate of drug-likeness (QED) is 0.844. The number of amides is 2. The maximum Gasteiger partial charge on any atom is 0.275 e. The van der Waals surface area contributed by atoms with Crippen molar-refractivity contribution in [1.29, 1.82) is 0 Å². The highest BCUT2D eigenvalue weighted by Crippen LogP contribution is 2.42. The van der Waals surface area contributed by atoms with Crippen LogP contribution >= 0.6 is 11.5 Å². The first-order chi connectivity index (χ1) is 10.7. The highest BCUT2D eigenvalue weighted by atomic mass is 32.1. The number of hydrogen-bond acceptors (Lipinski definition) is 5. The van der Waals surface area contributed by atoms with Crippen LogP contribution in [0.25, 0.3) is 0 Å². The molecular weight excluding hydrogens is 300 g/mol. The van der Waals surface area contributed by atoms with E-state index in [1.54, 1.807) is 5.38 Å². The van der Waals surface area contributed by atoms with Crippen molar-refractivity contribution < 1.29 is 9.59 Å². The fraction of sp³-hybridized carbons (Fsp3) is 0.733. The fourth-order valence-electron chi connectivity index (χ4n) is 3.70. The first-order valence-corrected chi connectivity index (χ1v) is 8.83. The van der Waals surface area contributed by atoms with Gasteiger partial charge >= 0.3 is 0 Å². The van der Waals surface area contributed by atoms with Gasteiger partial charge in [0.25, 0.3) is 5.91 Å². The minimum absolute atomic E-state index is 0.0252. The summed E-state index contributed by atoms with van der Waals surface area (Å²) in [5.41, 5.74) is 0.544. The Hall–Kier alpha value is -1.50. The first-order valence-electron chi connectivity index (χ1n) is 7.99. The average molecular weight is 320 g/mol. The predicted molar refractivity (Wildman–Crippen MR) is 81.4 cm³/mol.